The molecule has 2 fully saturated rings. The first kappa shape index (κ1) is 14.5. The van der Waals surface area contributed by atoms with E-state index in [0.717, 1.165) is 19.3 Å². The summed E-state index contributed by atoms with van der Waals surface area (Å²) in [5.74, 6) is 0.715. The highest BCUT2D eigenvalue weighted by molar-refractivity contribution is 6.02. The first-order valence-electron chi connectivity index (χ1n) is 7.83. The van der Waals surface area contributed by atoms with Crippen LogP contribution in [0.2, 0.25) is 0 Å². The van der Waals surface area contributed by atoms with Gasteiger partial charge in [0.1, 0.15) is 11.6 Å². The van der Waals surface area contributed by atoms with Crippen LogP contribution in [0.15, 0.2) is 18.2 Å². The van der Waals surface area contributed by atoms with Crippen LogP contribution in [0.5, 0.6) is 5.75 Å². The second-order valence-electron chi connectivity index (χ2n) is 6.16. The van der Waals surface area contributed by atoms with Crippen molar-refractivity contribution in [2.45, 2.75) is 50.6 Å². The molecule has 4 heteroatoms. The normalized spacial score (nSPS) is 28.8. The molecule has 1 saturated heterocycles. The van der Waals surface area contributed by atoms with Gasteiger partial charge in [-0.15, -0.1) is 0 Å². The van der Waals surface area contributed by atoms with Crippen LogP contribution in [0.25, 0.3) is 0 Å². The lowest BCUT2D eigenvalue weighted by atomic mass is 9.77. The van der Waals surface area contributed by atoms with Gasteiger partial charge in [0.25, 0.3) is 0 Å². The molecule has 0 bridgehead atoms. The molecule has 1 aliphatic heterocycles. The molecule has 1 aliphatic carbocycles. The Morgan fingerprint density at radius 1 is 1.24 bits per heavy atom. The van der Waals surface area contributed by atoms with E-state index < -0.39 is 5.82 Å². The van der Waals surface area contributed by atoms with Crippen LogP contribution in [-0.4, -0.2) is 25.0 Å². The molecule has 0 radical (unpaired) electrons. The van der Waals surface area contributed by atoms with Gasteiger partial charge in [0.2, 0.25) is 0 Å². The standard InChI is InChI=1S/C17H22FNO2/c1-21-16-9-7-12(18)10-13(16)17(20)15-8-6-11-4-2-3-5-14(11)19-15/h7,9-11,14-15,19H,2-6,8H2,1H3. The topological polar surface area (TPSA) is 38.3 Å². The Morgan fingerprint density at radius 2 is 2.05 bits per heavy atom. The smallest absolute Gasteiger partial charge is 0.183 e. The van der Waals surface area contributed by atoms with Gasteiger partial charge < -0.3 is 10.1 Å². The van der Waals surface area contributed by atoms with Gasteiger partial charge >= 0.3 is 0 Å². The number of methoxy groups -OCH3 is 1. The number of hydrogen-bond acceptors (Lipinski definition) is 3. The van der Waals surface area contributed by atoms with E-state index in [2.05, 4.69) is 5.32 Å². The van der Waals surface area contributed by atoms with Gasteiger partial charge in [-0.05, 0) is 49.8 Å². The van der Waals surface area contributed by atoms with Gasteiger partial charge in [-0.2, -0.15) is 0 Å². The number of carbonyl (C=O) groups excluding carboxylic acids is 1. The molecular weight excluding hydrogens is 269 g/mol. The summed E-state index contributed by atoms with van der Waals surface area (Å²) in [7, 11) is 1.51. The zero-order valence-electron chi connectivity index (χ0n) is 12.4. The lowest BCUT2D eigenvalue weighted by Crippen LogP contribution is -2.52. The van der Waals surface area contributed by atoms with Crippen molar-refractivity contribution < 1.29 is 13.9 Å². The molecule has 1 aromatic carbocycles. The molecule has 1 aromatic rings. The van der Waals surface area contributed by atoms with Gasteiger partial charge in [0, 0.05) is 6.04 Å². The van der Waals surface area contributed by atoms with E-state index in [-0.39, 0.29) is 11.8 Å². The summed E-state index contributed by atoms with van der Waals surface area (Å²) in [5, 5.41) is 3.50. The largest absolute Gasteiger partial charge is 0.496 e. The predicted molar refractivity (Wildman–Crippen MR) is 79.2 cm³/mol. The lowest BCUT2D eigenvalue weighted by Gasteiger charge is -2.40. The maximum Gasteiger partial charge on any atom is 0.183 e. The second kappa shape index (κ2) is 6.14. The van der Waals surface area contributed by atoms with E-state index in [1.54, 1.807) is 0 Å². The van der Waals surface area contributed by atoms with Crippen molar-refractivity contribution in [3.8, 4) is 5.75 Å². The highest BCUT2D eigenvalue weighted by atomic mass is 19.1. The number of rotatable bonds is 3. The summed E-state index contributed by atoms with van der Waals surface area (Å²) in [6.45, 7) is 0. The quantitative estimate of drug-likeness (QED) is 0.868. The molecule has 3 rings (SSSR count). The van der Waals surface area contributed by atoms with Crippen LogP contribution in [0.3, 0.4) is 0 Å². The maximum atomic E-state index is 13.5. The zero-order chi connectivity index (χ0) is 14.8. The predicted octanol–water partition coefficient (Wildman–Crippen LogP) is 3.33. The van der Waals surface area contributed by atoms with Crippen LogP contribution >= 0.6 is 0 Å². The summed E-state index contributed by atoms with van der Waals surface area (Å²) in [4.78, 5) is 12.7. The van der Waals surface area contributed by atoms with Crippen molar-refractivity contribution in [2.75, 3.05) is 7.11 Å². The van der Waals surface area contributed by atoms with Gasteiger partial charge in [0.15, 0.2) is 5.78 Å². The van der Waals surface area contributed by atoms with Crippen molar-refractivity contribution in [1.29, 1.82) is 0 Å². The Morgan fingerprint density at radius 3 is 2.86 bits per heavy atom. The van der Waals surface area contributed by atoms with Crippen LogP contribution < -0.4 is 10.1 Å². The van der Waals surface area contributed by atoms with E-state index in [4.69, 9.17) is 4.74 Å². The van der Waals surface area contributed by atoms with E-state index >= 15 is 0 Å². The van der Waals surface area contributed by atoms with Crippen LogP contribution in [0.4, 0.5) is 4.39 Å². The zero-order valence-corrected chi connectivity index (χ0v) is 12.4. The van der Waals surface area contributed by atoms with Crippen molar-refractivity contribution in [3.05, 3.63) is 29.6 Å². The average Bonchev–Trinajstić information content (AvgIpc) is 2.53. The highest BCUT2D eigenvalue weighted by Crippen LogP contribution is 2.33. The minimum absolute atomic E-state index is 0.0460. The van der Waals surface area contributed by atoms with Gasteiger partial charge in [-0.3, -0.25) is 4.79 Å². The number of piperidine rings is 1. The number of carbonyl (C=O) groups is 1. The minimum atomic E-state index is -0.398. The van der Waals surface area contributed by atoms with Gasteiger partial charge in [-0.1, -0.05) is 12.8 Å². The molecule has 0 aromatic heterocycles. The van der Waals surface area contributed by atoms with E-state index in [9.17, 15) is 9.18 Å². The third-order valence-corrected chi connectivity index (χ3v) is 4.89. The SMILES string of the molecule is COc1ccc(F)cc1C(=O)C1CCC2CCCCC2N1. The van der Waals surface area contributed by atoms with Crippen molar-refractivity contribution in [1.82, 2.24) is 5.32 Å². The van der Waals surface area contributed by atoms with E-state index in [0.29, 0.717) is 23.3 Å². The number of Topliss-reactive ketones (excluding diaryl/α,β-unsaturated/α-hetero) is 1. The molecule has 1 heterocycles. The number of hydrogen-bond donors (Lipinski definition) is 1. The molecule has 0 spiro atoms. The van der Waals surface area contributed by atoms with Crippen molar-refractivity contribution in [2.24, 2.45) is 5.92 Å². The number of ketones is 1. The third kappa shape index (κ3) is 2.95. The van der Waals surface area contributed by atoms with Crippen LogP contribution in [0, 0.1) is 11.7 Å². The number of ether oxygens (including phenoxy) is 1. The Balaban J connectivity index is 1.77. The summed E-state index contributed by atoms with van der Waals surface area (Å²) < 4.78 is 18.7. The third-order valence-electron chi connectivity index (χ3n) is 4.89. The molecule has 3 atom stereocenters. The molecular formula is C17H22FNO2. The fraction of sp³-hybridized carbons (Fsp3) is 0.588. The summed E-state index contributed by atoms with van der Waals surface area (Å²) in [6, 6.07) is 4.37. The van der Waals surface area contributed by atoms with E-state index in [1.165, 1.54) is 44.6 Å². The summed E-state index contributed by atoms with van der Waals surface area (Å²) in [6.07, 6.45) is 6.87. The highest BCUT2D eigenvalue weighted by Gasteiger charge is 2.35. The number of benzene rings is 1. The fourth-order valence-corrected chi connectivity index (χ4v) is 3.76. The molecule has 3 nitrogen and oxygen atoms in total. The molecule has 1 saturated carbocycles. The molecule has 2 aliphatic rings. The lowest BCUT2D eigenvalue weighted by molar-refractivity contribution is 0.0858. The van der Waals surface area contributed by atoms with Crippen LogP contribution in [-0.2, 0) is 0 Å². The van der Waals surface area contributed by atoms with Crippen molar-refractivity contribution in [3.63, 3.8) is 0 Å². The average molecular weight is 291 g/mol. The Hall–Kier alpha value is -1.42. The van der Waals surface area contributed by atoms with E-state index in [1.807, 2.05) is 0 Å². The Labute approximate surface area is 124 Å². The Kier molecular flexibility index (Phi) is 4.24. The summed E-state index contributed by atoms with van der Waals surface area (Å²) >= 11 is 0. The first-order chi connectivity index (χ1) is 10.2. The fourth-order valence-electron chi connectivity index (χ4n) is 3.76. The summed E-state index contributed by atoms with van der Waals surface area (Å²) in [5.41, 5.74) is 0.351. The monoisotopic (exact) mass is 291 g/mol. The molecule has 21 heavy (non-hydrogen) atoms. The molecule has 1 N–H and O–H groups in total. The number of halogens is 1. The second-order valence-corrected chi connectivity index (χ2v) is 6.16. The number of nitrogens with one attached hydrogen (secondary N) is 1. The molecule has 3 unspecified atom stereocenters. The Bertz CT molecular complexity index is 532. The van der Waals surface area contributed by atoms with Crippen LogP contribution in [0.1, 0.15) is 48.9 Å². The van der Waals surface area contributed by atoms with Gasteiger partial charge in [0.05, 0.1) is 18.7 Å². The maximum absolute atomic E-state index is 13.5. The molecule has 0 amide bonds. The minimum Gasteiger partial charge on any atom is -0.496 e. The molecule has 114 valence electrons. The number of fused-ring (bicyclic) bond motifs is 1. The van der Waals surface area contributed by atoms with Gasteiger partial charge in [-0.25, -0.2) is 4.39 Å². The first-order valence-corrected chi connectivity index (χ1v) is 7.83. The van der Waals surface area contributed by atoms with Crippen molar-refractivity contribution >= 4 is 5.78 Å².